The Bertz CT molecular complexity index is 942. The number of carbonyl (C=O) groups is 1. The number of nitrogens with one attached hydrogen (secondary N) is 1. The average molecular weight is 413 g/mol. The lowest BCUT2D eigenvalue weighted by Gasteiger charge is -2.34. The van der Waals surface area contributed by atoms with Gasteiger partial charge in [0.15, 0.2) is 0 Å². The van der Waals surface area contributed by atoms with Crippen LogP contribution < -0.4 is 9.64 Å². The molecule has 0 bridgehead atoms. The zero-order valence-corrected chi connectivity index (χ0v) is 16.4. The highest BCUT2D eigenvalue weighted by Gasteiger charge is 2.23. The molecule has 1 N–H and O–H groups in total. The van der Waals surface area contributed by atoms with Gasteiger partial charge in [0, 0.05) is 38.6 Å². The van der Waals surface area contributed by atoms with Gasteiger partial charge in [0.05, 0.1) is 11.4 Å². The van der Waals surface area contributed by atoms with Crippen LogP contribution in [-0.4, -0.2) is 52.1 Å². The zero-order chi connectivity index (χ0) is 20.2. The van der Waals surface area contributed by atoms with Crippen LogP contribution in [0.3, 0.4) is 0 Å². The molecule has 1 fully saturated rings. The molecule has 0 radical (unpaired) electrons. The van der Waals surface area contributed by atoms with Crippen LogP contribution in [0.25, 0.3) is 0 Å². The SMILES string of the molecule is O=C(Oc1ccc(C(S)c2ncc[nH]2)cc1)N1CCN(c2ccc(F)cn2)CC1. The topological polar surface area (TPSA) is 74.3 Å². The summed E-state index contributed by atoms with van der Waals surface area (Å²) in [4.78, 5) is 27.4. The van der Waals surface area contributed by atoms with Crippen LogP contribution in [0.15, 0.2) is 55.0 Å². The van der Waals surface area contributed by atoms with Crippen molar-refractivity contribution in [1.82, 2.24) is 19.9 Å². The van der Waals surface area contributed by atoms with Gasteiger partial charge in [0.25, 0.3) is 0 Å². The fourth-order valence-corrected chi connectivity index (χ4v) is 3.45. The van der Waals surface area contributed by atoms with Crippen molar-refractivity contribution in [3.05, 3.63) is 72.2 Å². The maximum Gasteiger partial charge on any atom is 0.415 e. The number of ether oxygens (including phenoxy) is 1. The molecule has 4 rings (SSSR count). The van der Waals surface area contributed by atoms with Gasteiger partial charge in [-0.1, -0.05) is 12.1 Å². The van der Waals surface area contributed by atoms with Gasteiger partial charge in [-0.2, -0.15) is 12.6 Å². The number of halogens is 1. The number of nitrogens with zero attached hydrogens (tertiary/aromatic N) is 4. The normalized spacial score (nSPS) is 15.2. The van der Waals surface area contributed by atoms with Gasteiger partial charge in [0.2, 0.25) is 0 Å². The number of hydrogen-bond donors (Lipinski definition) is 2. The van der Waals surface area contributed by atoms with Gasteiger partial charge in [-0.15, -0.1) is 0 Å². The Morgan fingerprint density at radius 3 is 2.48 bits per heavy atom. The standard InChI is InChI=1S/C20H20FN5O2S/c21-15-3-6-17(24-13-15)25-9-11-26(12-10-25)20(27)28-16-4-1-14(2-5-16)18(29)19-22-7-8-23-19/h1-8,13,18,29H,9-12H2,(H,22,23). The number of aromatic amines is 1. The number of rotatable bonds is 4. The fraction of sp³-hybridized carbons (Fsp3) is 0.250. The highest BCUT2D eigenvalue weighted by Crippen LogP contribution is 2.27. The van der Waals surface area contributed by atoms with Gasteiger partial charge < -0.3 is 19.5 Å². The van der Waals surface area contributed by atoms with Crippen molar-refractivity contribution in [3.63, 3.8) is 0 Å². The van der Waals surface area contributed by atoms with Crippen LogP contribution in [0.4, 0.5) is 15.0 Å². The van der Waals surface area contributed by atoms with E-state index in [1.807, 2.05) is 17.0 Å². The van der Waals surface area contributed by atoms with Crippen molar-refractivity contribution >= 4 is 24.5 Å². The molecule has 1 saturated heterocycles. The van der Waals surface area contributed by atoms with Gasteiger partial charge in [-0.3, -0.25) is 0 Å². The first-order valence-electron chi connectivity index (χ1n) is 9.21. The number of imidazole rings is 1. The Balaban J connectivity index is 1.31. The van der Waals surface area contributed by atoms with E-state index in [1.165, 1.54) is 12.3 Å². The minimum absolute atomic E-state index is 0.178. The van der Waals surface area contributed by atoms with E-state index in [1.54, 1.807) is 35.5 Å². The van der Waals surface area contributed by atoms with Crippen molar-refractivity contribution in [2.45, 2.75) is 5.25 Å². The van der Waals surface area contributed by atoms with E-state index in [9.17, 15) is 9.18 Å². The second-order valence-corrected chi connectivity index (χ2v) is 7.14. The van der Waals surface area contributed by atoms with Crippen LogP contribution in [-0.2, 0) is 0 Å². The van der Waals surface area contributed by atoms with E-state index in [4.69, 9.17) is 4.74 Å². The van der Waals surface area contributed by atoms with E-state index in [0.29, 0.717) is 37.7 Å². The molecule has 29 heavy (non-hydrogen) atoms. The van der Waals surface area contributed by atoms with Crippen LogP contribution in [0.5, 0.6) is 5.75 Å². The first kappa shape index (κ1) is 19.3. The molecule has 1 unspecified atom stereocenters. The zero-order valence-electron chi connectivity index (χ0n) is 15.5. The molecule has 9 heteroatoms. The minimum Gasteiger partial charge on any atom is -0.410 e. The predicted molar refractivity (Wildman–Crippen MR) is 110 cm³/mol. The van der Waals surface area contributed by atoms with Crippen LogP contribution in [0.2, 0.25) is 0 Å². The Labute approximate surface area is 172 Å². The van der Waals surface area contributed by atoms with E-state index < -0.39 is 6.09 Å². The Hall–Kier alpha value is -3.07. The molecule has 7 nitrogen and oxygen atoms in total. The van der Waals surface area contributed by atoms with Crippen molar-refractivity contribution in [1.29, 1.82) is 0 Å². The van der Waals surface area contributed by atoms with Crippen molar-refractivity contribution in [2.75, 3.05) is 31.1 Å². The van der Waals surface area contributed by atoms with Crippen LogP contribution in [0, 0.1) is 5.82 Å². The highest BCUT2D eigenvalue weighted by molar-refractivity contribution is 7.80. The molecule has 1 atom stereocenters. The summed E-state index contributed by atoms with van der Waals surface area (Å²) in [6.45, 7) is 2.23. The number of H-pyrrole nitrogens is 1. The second-order valence-electron chi connectivity index (χ2n) is 6.62. The van der Waals surface area contributed by atoms with E-state index in [-0.39, 0.29) is 11.1 Å². The monoisotopic (exact) mass is 413 g/mol. The summed E-state index contributed by atoms with van der Waals surface area (Å²) in [5.41, 5.74) is 0.948. The molecule has 150 valence electrons. The number of hydrogen-bond acceptors (Lipinski definition) is 6. The molecule has 0 spiro atoms. The molecule has 1 amide bonds. The number of piperazine rings is 1. The number of aromatic nitrogens is 3. The number of benzene rings is 1. The number of amides is 1. The molecular weight excluding hydrogens is 393 g/mol. The Kier molecular flexibility index (Phi) is 5.66. The number of carbonyl (C=O) groups excluding carboxylic acids is 1. The third-order valence-corrected chi connectivity index (χ3v) is 5.30. The summed E-state index contributed by atoms with van der Waals surface area (Å²) < 4.78 is 18.5. The lowest BCUT2D eigenvalue weighted by atomic mass is 10.1. The largest absolute Gasteiger partial charge is 0.415 e. The Morgan fingerprint density at radius 2 is 1.86 bits per heavy atom. The predicted octanol–water partition coefficient (Wildman–Crippen LogP) is 3.28. The maximum absolute atomic E-state index is 13.0. The van der Waals surface area contributed by atoms with Crippen molar-refractivity contribution < 1.29 is 13.9 Å². The summed E-state index contributed by atoms with van der Waals surface area (Å²) in [5.74, 6) is 1.57. The maximum atomic E-state index is 13.0. The third-order valence-electron chi connectivity index (χ3n) is 4.75. The van der Waals surface area contributed by atoms with Gasteiger partial charge in [-0.05, 0) is 29.8 Å². The first-order valence-corrected chi connectivity index (χ1v) is 9.72. The summed E-state index contributed by atoms with van der Waals surface area (Å²) in [5, 5.41) is -0.178. The average Bonchev–Trinajstić information content (AvgIpc) is 3.29. The van der Waals surface area contributed by atoms with E-state index in [0.717, 1.165) is 11.4 Å². The van der Waals surface area contributed by atoms with Crippen molar-refractivity contribution in [3.8, 4) is 5.75 Å². The molecule has 0 saturated carbocycles. The fourth-order valence-electron chi connectivity index (χ4n) is 3.14. The molecule has 0 aliphatic carbocycles. The molecular formula is C20H20FN5O2S. The molecule has 1 aromatic carbocycles. The number of pyridine rings is 1. The lowest BCUT2D eigenvalue weighted by molar-refractivity contribution is 0.149. The van der Waals surface area contributed by atoms with E-state index in [2.05, 4.69) is 27.6 Å². The van der Waals surface area contributed by atoms with Crippen LogP contribution in [0.1, 0.15) is 16.6 Å². The summed E-state index contributed by atoms with van der Waals surface area (Å²) >= 11 is 4.57. The van der Waals surface area contributed by atoms with Gasteiger partial charge in [0.1, 0.15) is 23.2 Å². The quantitative estimate of drug-likeness (QED) is 0.642. The smallest absolute Gasteiger partial charge is 0.410 e. The van der Waals surface area contributed by atoms with Gasteiger partial charge in [-0.25, -0.2) is 19.2 Å². The van der Waals surface area contributed by atoms with Gasteiger partial charge >= 0.3 is 6.09 Å². The minimum atomic E-state index is -0.391. The molecule has 1 aliphatic rings. The summed E-state index contributed by atoms with van der Waals surface area (Å²) in [7, 11) is 0. The second kappa shape index (κ2) is 8.52. The van der Waals surface area contributed by atoms with Crippen molar-refractivity contribution in [2.24, 2.45) is 0 Å². The van der Waals surface area contributed by atoms with Crippen LogP contribution >= 0.6 is 12.6 Å². The Morgan fingerprint density at radius 1 is 1.10 bits per heavy atom. The lowest BCUT2D eigenvalue weighted by Crippen LogP contribution is -2.49. The molecule has 3 aromatic rings. The number of anilines is 1. The third kappa shape index (κ3) is 4.51. The molecule has 1 aliphatic heterocycles. The highest BCUT2D eigenvalue weighted by atomic mass is 32.1. The first-order chi connectivity index (χ1) is 14.1. The molecule has 2 aromatic heterocycles. The van der Waals surface area contributed by atoms with E-state index >= 15 is 0 Å². The summed E-state index contributed by atoms with van der Waals surface area (Å²) in [6, 6.07) is 10.2. The molecule has 3 heterocycles. The summed E-state index contributed by atoms with van der Waals surface area (Å²) in [6.07, 6.45) is 4.24. The number of thiol groups is 1.